The molecule has 1 aliphatic rings. The first-order valence-electron chi connectivity index (χ1n) is 11.2. The SMILES string of the molecule is C=C(N)NCCC[C@H]1CCCCCCCCCC(=O)NC(CC)(CC)C(=O)N1. The second-order valence-electron chi connectivity index (χ2n) is 8.12. The molecule has 1 rings (SSSR count). The summed E-state index contributed by atoms with van der Waals surface area (Å²) >= 11 is 0. The van der Waals surface area contributed by atoms with Crippen molar-refractivity contribution in [3.05, 3.63) is 12.4 Å². The minimum absolute atomic E-state index is 0.00377. The molecule has 5 N–H and O–H groups in total. The molecule has 0 unspecified atom stereocenters. The zero-order valence-corrected chi connectivity index (χ0v) is 18.1. The Morgan fingerprint density at radius 2 is 1.71 bits per heavy atom. The van der Waals surface area contributed by atoms with Crippen molar-refractivity contribution in [3.8, 4) is 0 Å². The molecule has 1 heterocycles. The Morgan fingerprint density at radius 3 is 2.32 bits per heavy atom. The van der Waals surface area contributed by atoms with Crippen molar-refractivity contribution in [2.24, 2.45) is 5.73 Å². The third-order valence-corrected chi connectivity index (χ3v) is 5.89. The fourth-order valence-electron chi connectivity index (χ4n) is 3.90. The van der Waals surface area contributed by atoms with E-state index in [9.17, 15) is 9.59 Å². The highest BCUT2D eigenvalue weighted by Crippen LogP contribution is 2.19. The molecule has 0 radical (unpaired) electrons. The first kappa shape index (κ1) is 24.3. The van der Waals surface area contributed by atoms with E-state index >= 15 is 0 Å². The topological polar surface area (TPSA) is 96.2 Å². The fraction of sp³-hybridized carbons (Fsp3) is 0.818. The summed E-state index contributed by atoms with van der Waals surface area (Å²) in [6.07, 6.45) is 12.5. The summed E-state index contributed by atoms with van der Waals surface area (Å²) in [6, 6.07) is 0.125. The van der Waals surface area contributed by atoms with E-state index in [4.69, 9.17) is 5.73 Å². The average Bonchev–Trinajstić information content (AvgIpc) is 2.67. The van der Waals surface area contributed by atoms with Crippen LogP contribution in [0.5, 0.6) is 0 Å². The molecule has 0 aromatic rings. The van der Waals surface area contributed by atoms with Crippen LogP contribution in [0.25, 0.3) is 0 Å². The van der Waals surface area contributed by atoms with Gasteiger partial charge in [0.05, 0.1) is 5.82 Å². The van der Waals surface area contributed by atoms with E-state index in [2.05, 4.69) is 22.5 Å². The average molecular weight is 395 g/mol. The largest absolute Gasteiger partial charge is 0.386 e. The Labute approximate surface area is 171 Å². The summed E-state index contributed by atoms with van der Waals surface area (Å²) in [4.78, 5) is 25.6. The number of nitrogens with two attached hydrogens (primary N) is 1. The summed E-state index contributed by atoms with van der Waals surface area (Å²) in [6.45, 7) is 8.36. The van der Waals surface area contributed by atoms with Gasteiger partial charge in [0.2, 0.25) is 11.8 Å². The van der Waals surface area contributed by atoms with Gasteiger partial charge in [0.25, 0.3) is 0 Å². The minimum atomic E-state index is -0.806. The van der Waals surface area contributed by atoms with Gasteiger partial charge >= 0.3 is 0 Å². The van der Waals surface area contributed by atoms with Gasteiger partial charge in [0, 0.05) is 19.0 Å². The van der Waals surface area contributed by atoms with Crippen molar-refractivity contribution in [3.63, 3.8) is 0 Å². The maximum atomic E-state index is 13.2. The van der Waals surface area contributed by atoms with Gasteiger partial charge in [-0.3, -0.25) is 9.59 Å². The molecule has 0 aromatic carbocycles. The van der Waals surface area contributed by atoms with E-state index in [1.165, 1.54) is 25.7 Å². The molecule has 28 heavy (non-hydrogen) atoms. The number of hydrogen-bond acceptors (Lipinski definition) is 4. The quantitative estimate of drug-likeness (QED) is 0.497. The van der Waals surface area contributed by atoms with Gasteiger partial charge in [-0.15, -0.1) is 0 Å². The molecule has 0 saturated carbocycles. The highest BCUT2D eigenvalue weighted by atomic mass is 16.2. The third-order valence-electron chi connectivity index (χ3n) is 5.89. The van der Waals surface area contributed by atoms with Crippen molar-refractivity contribution in [2.45, 2.75) is 109 Å². The van der Waals surface area contributed by atoms with E-state index in [1.807, 2.05) is 13.8 Å². The Morgan fingerprint density at radius 1 is 1.11 bits per heavy atom. The van der Waals surface area contributed by atoms with E-state index in [-0.39, 0.29) is 17.9 Å². The Kier molecular flexibility index (Phi) is 11.7. The monoisotopic (exact) mass is 394 g/mol. The van der Waals surface area contributed by atoms with Gasteiger partial charge in [0.1, 0.15) is 5.54 Å². The summed E-state index contributed by atoms with van der Waals surface area (Å²) in [5.41, 5.74) is 4.75. The molecule has 1 aliphatic heterocycles. The summed E-state index contributed by atoms with van der Waals surface area (Å²) in [7, 11) is 0. The molecule has 1 atom stereocenters. The van der Waals surface area contributed by atoms with E-state index in [1.54, 1.807) is 0 Å². The normalized spacial score (nSPS) is 22.3. The number of carbonyl (C=O) groups is 2. The van der Waals surface area contributed by atoms with Crippen molar-refractivity contribution in [2.75, 3.05) is 6.54 Å². The highest BCUT2D eigenvalue weighted by Gasteiger charge is 2.37. The minimum Gasteiger partial charge on any atom is -0.386 e. The van der Waals surface area contributed by atoms with Gasteiger partial charge in [-0.1, -0.05) is 59.0 Å². The van der Waals surface area contributed by atoms with E-state index in [0.717, 1.165) is 45.1 Å². The van der Waals surface area contributed by atoms with Crippen molar-refractivity contribution in [1.82, 2.24) is 16.0 Å². The van der Waals surface area contributed by atoms with Crippen molar-refractivity contribution < 1.29 is 9.59 Å². The van der Waals surface area contributed by atoms with Crippen LogP contribution < -0.4 is 21.7 Å². The Hall–Kier alpha value is -1.72. The number of rotatable bonds is 7. The molecular formula is C22H42N4O2. The summed E-state index contributed by atoms with van der Waals surface area (Å²) in [5.74, 6) is 0.433. The maximum Gasteiger partial charge on any atom is 0.245 e. The predicted octanol–water partition coefficient (Wildman–Crippen LogP) is 3.47. The van der Waals surface area contributed by atoms with Gasteiger partial charge in [-0.05, 0) is 38.5 Å². The van der Waals surface area contributed by atoms with Crippen LogP contribution in [0.2, 0.25) is 0 Å². The maximum absolute atomic E-state index is 13.2. The zero-order valence-electron chi connectivity index (χ0n) is 18.1. The second-order valence-corrected chi connectivity index (χ2v) is 8.12. The number of amides is 2. The van der Waals surface area contributed by atoms with Gasteiger partial charge in [-0.2, -0.15) is 0 Å². The number of nitrogens with one attached hydrogen (secondary N) is 3. The first-order chi connectivity index (χ1) is 13.4. The van der Waals surface area contributed by atoms with Crippen LogP contribution in [0.1, 0.15) is 97.3 Å². The van der Waals surface area contributed by atoms with Crippen LogP contribution in [0.15, 0.2) is 12.4 Å². The molecule has 0 spiro atoms. The summed E-state index contributed by atoms with van der Waals surface area (Å²) in [5, 5.41) is 9.36. The molecule has 0 aliphatic carbocycles. The molecule has 2 amide bonds. The molecule has 0 aromatic heterocycles. The molecule has 0 bridgehead atoms. The fourth-order valence-corrected chi connectivity index (χ4v) is 3.90. The second kappa shape index (κ2) is 13.5. The third kappa shape index (κ3) is 8.98. The number of carbonyl (C=O) groups excluding carboxylic acids is 2. The van der Waals surface area contributed by atoms with Crippen molar-refractivity contribution >= 4 is 11.8 Å². The number of hydrogen-bond donors (Lipinski definition) is 4. The van der Waals surface area contributed by atoms with Crippen LogP contribution in [0.4, 0.5) is 0 Å². The molecular weight excluding hydrogens is 352 g/mol. The Balaban J connectivity index is 2.81. The summed E-state index contributed by atoms with van der Waals surface area (Å²) < 4.78 is 0. The zero-order chi connectivity index (χ0) is 20.8. The molecule has 162 valence electrons. The van der Waals surface area contributed by atoms with Crippen LogP contribution in [0.3, 0.4) is 0 Å². The van der Waals surface area contributed by atoms with E-state index < -0.39 is 5.54 Å². The molecule has 6 nitrogen and oxygen atoms in total. The van der Waals surface area contributed by atoms with Crippen molar-refractivity contribution in [1.29, 1.82) is 0 Å². The first-order valence-corrected chi connectivity index (χ1v) is 11.2. The van der Waals surface area contributed by atoms with Crippen LogP contribution >= 0.6 is 0 Å². The lowest BCUT2D eigenvalue weighted by atomic mass is 9.90. The lowest BCUT2D eigenvalue weighted by Gasteiger charge is -2.33. The lowest BCUT2D eigenvalue weighted by molar-refractivity contribution is -0.134. The van der Waals surface area contributed by atoms with Crippen LogP contribution in [-0.4, -0.2) is 29.9 Å². The van der Waals surface area contributed by atoms with Gasteiger partial charge < -0.3 is 21.7 Å². The van der Waals surface area contributed by atoms with Gasteiger partial charge in [0.15, 0.2) is 0 Å². The molecule has 1 fully saturated rings. The standard InChI is InChI=1S/C22H42N4O2/c1-4-22(5-2)21(28)25-19(15-13-17-24-18(3)23)14-11-9-7-6-8-10-12-16-20(27)26-22/h19,24H,3-17,23H2,1-2H3,(H,25,28)(H,26,27)/t19-/m1/s1. The Bertz CT molecular complexity index is 489. The molecule has 6 heteroatoms. The predicted molar refractivity (Wildman–Crippen MR) is 116 cm³/mol. The van der Waals surface area contributed by atoms with Crippen LogP contribution in [0, 0.1) is 0 Å². The van der Waals surface area contributed by atoms with Gasteiger partial charge in [-0.25, -0.2) is 0 Å². The molecule has 1 saturated heterocycles. The highest BCUT2D eigenvalue weighted by molar-refractivity contribution is 5.91. The lowest BCUT2D eigenvalue weighted by Crippen LogP contribution is -2.59. The van der Waals surface area contributed by atoms with Crippen LogP contribution in [-0.2, 0) is 9.59 Å². The van der Waals surface area contributed by atoms with E-state index in [0.29, 0.717) is 25.1 Å². The smallest absolute Gasteiger partial charge is 0.245 e.